The van der Waals surface area contributed by atoms with Crippen molar-refractivity contribution in [2.24, 2.45) is 0 Å². The molecule has 0 atom stereocenters. The minimum absolute atomic E-state index is 0.256. The van der Waals surface area contributed by atoms with Crippen LogP contribution in [0.2, 0.25) is 0 Å². The number of carbonyl (C=O) groups is 2. The number of benzene rings is 1. The van der Waals surface area contributed by atoms with Crippen molar-refractivity contribution in [3.05, 3.63) is 34.2 Å². The summed E-state index contributed by atoms with van der Waals surface area (Å²) in [6.07, 6.45) is 1.73. The van der Waals surface area contributed by atoms with E-state index in [2.05, 4.69) is 0 Å². The van der Waals surface area contributed by atoms with Crippen molar-refractivity contribution in [3.8, 4) is 5.75 Å². The second kappa shape index (κ2) is 6.78. The third-order valence-corrected chi connectivity index (χ3v) is 4.02. The van der Waals surface area contributed by atoms with Gasteiger partial charge in [-0.2, -0.15) is 0 Å². The predicted molar refractivity (Wildman–Crippen MR) is 82.3 cm³/mol. The summed E-state index contributed by atoms with van der Waals surface area (Å²) in [5.74, 6) is 0.524. The van der Waals surface area contributed by atoms with Crippen molar-refractivity contribution in [1.82, 2.24) is 4.90 Å². The summed E-state index contributed by atoms with van der Waals surface area (Å²) in [6, 6.07) is 5.62. The van der Waals surface area contributed by atoms with Crippen LogP contribution in [-0.4, -0.2) is 43.4 Å². The quantitative estimate of drug-likeness (QED) is 0.783. The van der Waals surface area contributed by atoms with Crippen molar-refractivity contribution in [2.45, 2.75) is 6.92 Å². The predicted octanol–water partition coefficient (Wildman–Crippen LogP) is 2.69. The SMILES string of the molecule is COCCN1C(=O)S/C(=C/c2ccc(OC)c(C)c2)C1=O. The molecule has 0 N–H and O–H groups in total. The van der Waals surface area contributed by atoms with E-state index in [9.17, 15) is 9.59 Å². The first-order chi connectivity index (χ1) is 10.1. The van der Waals surface area contributed by atoms with Gasteiger partial charge in [0.2, 0.25) is 0 Å². The van der Waals surface area contributed by atoms with Crippen LogP contribution in [0, 0.1) is 6.92 Å². The zero-order chi connectivity index (χ0) is 15.4. The second-order valence-corrected chi connectivity index (χ2v) is 5.55. The van der Waals surface area contributed by atoms with Crippen LogP contribution < -0.4 is 4.74 Å². The molecule has 21 heavy (non-hydrogen) atoms. The fraction of sp³-hybridized carbons (Fsp3) is 0.333. The zero-order valence-electron chi connectivity index (χ0n) is 12.2. The Kier molecular flexibility index (Phi) is 5.03. The number of hydrogen-bond acceptors (Lipinski definition) is 5. The Morgan fingerprint density at radius 1 is 1.29 bits per heavy atom. The van der Waals surface area contributed by atoms with Gasteiger partial charge in [0.1, 0.15) is 5.75 Å². The van der Waals surface area contributed by atoms with Crippen LogP contribution in [0.25, 0.3) is 6.08 Å². The fourth-order valence-corrected chi connectivity index (χ4v) is 2.88. The Morgan fingerprint density at radius 2 is 2.05 bits per heavy atom. The summed E-state index contributed by atoms with van der Waals surface area (Å²) >= 11 is 0.955. The summed E-state index contributed by atoms with van der Waals surface area (Å²) in [5, 5.41) is -0.256. The number of thioether (sulfide) groups is 1. The van der Waals surface area contributed by atoms with Gasteiger partial charge in [-0.25, -0.2) is 0 Å². The lowest BCUT2D eigenvalue weighted by Gasteiger charge is -2.10. The maximum absolute atomic E-state index is 12.2. The molecular weight excluding hydrogens is 290 g/mol. The minimum Gasteiger partial charge on any atom is -0.496 e. The lowest BCUT2D eigenvalue weighted by Crippen LogP contribution is -2.31. The lowest BCUT2D eigenvalue weighted by atomic mass is 10.1. The molecule has 0 aliphatic carbocycles. The molecule has 0 aromatic heterocycles. The van der Waals surface area contributed by atoms with E-state index >= 15 is 0 Å². The van der Waals surface area contributed by atoms with Crippen LogP contribution >= 0.6 is 11.8 Å². The summed E-state index contributed by atoms with van der Waals surface area (Å²) < 4.78 is 10.1. The maximum Gasteiger partial charge on any atom is 0.293 e. The molecule has 1 aromatic carbocycles. The Labute approximate surface area is 127 Å². The molecular formula is C15H17NO4S. The summed E-state index contributed by atoms with van der Waals surface area (Å²) in [6.45, 7) is 2.55. The highest BCUT2D eigenvalue weighted by Gasteiger charge is 2.34. The molecule has 1 heterocycles. The average molecular weight is 307 g/mol. The Bertz CT molecular complexity index is 597. The maximum atomic E-state index is 12.2. The number of methoxy groups -OCH3 is 2. The number of imide groups is 1. The number of nitrogens with zero attached hydrogens (tertiary/aromatic N) is 1. The molecule has 0 bridgehead atoms. The Morgan fingerprint density at radius 3 is 2.67 bits per heavy atom. The normalized spacial score (nSPS) is 16.9. The highest BCUT2D eigenvalue weighted by Crippen LogP contribution is 2.32. The molecule has 0 unspecified atom stereocenters. The number of ether oxygens (including phenoxy) is 2. The molecule has 1 aliphatic heterocycles. The van der Waals surface area contributed by atoms with E-state index in [4.69, 9.17) is 9.47 Å². The van der Waals surface area contributed by atoms with Gasteiger partial charge in [0.05, 0.1) is 25.2 Å². The van der Waals surface area contributed by atoms with Gasteiger partial charge < -0.3 is 9.47 Å². The molecule has 1 fully saturated rings. The van der Waals surface area contributed by atoms with Gasteiger partial charge in [0.25, 0.3) is 11.1 Å². The number of aryl methyl sites for hydroxylation is 1. The van der Waals surface area contributed by atoms with Gasteiger partial charge >= 0.3 is 0 Å². The first-order valence-electron chi connectivity index (χ1n) is 6.45. The van der Waals surface area contributed by atoms with Crippen LogP contribution in [0.4, 0.5) is 4.79 Å². The smallest absolute Gasteiger partial charge is 0.293 e. The largest absolute Gasteiger partial charge is 0.496 e. The van der Waals surface area contributed by atoms with Crippen molar-refractivity contribution >= 4 is 29.0 Å². The minimum atomic E-state index is -0.268. The molecule has 2 amide bonds. The van der Waals surface area contributed by atoms with Crippen molar-refractivity contribution in [3.63, 3.8) is 0 Å². The second-order valence-electron chi connectivity index (χ2n) is 4.56. The molecule has 1 aromatic rings. The van der Waals surface area contributed by atoms with Crippen LogP contribution in [0.1, 0.15) is 11.1 Å². The van der Waals surface area contributed by atoms with E-state index in [0.717, 1.165) is 28.6 Å². The molecule has 1 saturated heterocycles. The molecule has 0 radical (unpaired) electrons. The first kappa shape index (κ1) is 15.6. The topological polar surface area (TPSA) is 55.8 Å². The number of carbonyl (C=O) groups excluding carboxylic acids is 2. The van der Waals surface area contributed by atoms with Gasteiger partial charge in [0.15, 0.2) is 0 Å². The van der Waals surface area contributed by atoms with Gasteiger partial charge in [0, 0.05) is 7.11 Å². The van der Waals surface area contributed by atoms with Crippen molar-refractivity contribution in [2.75, 3.05) is 27.4 Å². The Hall–Kier alpha value is -1.79. The summed E-state index contributed by atoms with van der Waals surface area (Å²) in [7, 11) is 3.15. The highest BCUT2D eigenvalue weighted by molar-refractivity contribution is 8.18. The third-order valence-electron chi connectivity index (χ3n) is 3.11. The summed E-state index contributed by atoms with van der Waals surface area (Å²) in [5.41, 5.74) is 1.84. The van der Waals surface area contributed by atoms with Crippen molar-refractivity contribution in [1.29, 1.82) is 0 Å². The van der Waals surface area contributed by atoms with Crippen LogP contribution in [0.5, 0.6) is 5.75 Å². The van der Waals surface area contributed by atoms with E-state index < -0.39 is 0 Å². The molecule has 1 aliphatic rings. The zero-order valence-corrected chi connectivity index (χ0v) is 13.0. The van der Waals surface area contributed by atoms with E-state index in [1.165, 1.54) is 12.0 Å². The standard InChI is InChI=1S/C15H17NO4S/c1-10-8-11(4-5-12(10)20-3)9-13-14(17)16(6-7-19-2)15(18)21-13/h4-5,8-9H,6-7H2,1-3H3/b13-9+. The van der Waals surface area contributed by atoms with Crippen molar-refractivity contribution < 1.29 is 19.1 Å². The van der Waals surface area contributed by atoms with Crippen LogP contribution in [0.15, 0.2) is 23.1 Å². The van der Waals surface area contributed by atoms with Gasteiger partial charge in [-0.1, -0.05) is 6.07 Å². The molecule has 6 heteroatoms. The lowest BCUT2D eigenvalue weighted by molar-refractivity contribution is -0.123. The molecule has 2 rings (SSSR count). The van der Waals surface area contributed by atoms with Gasteiger partial charge in [-0.15, -0.1) is 0 Å². The van der Waals surface area contributed by atoms with Gasteiger partial charge in [-0.05, 0) is 48.0 Å². The molecule has 0 spiro atoms. The van der Waals surface area contributed by atoms with Crippen LogP contribution in [0.3, 0.4) is 0 Å². The van der Waals surface area contributed by atoms with E-state index in [-0.39, 0.29) is 17.7 Å². The number of hydrogen-bond donors (Lipinski definition) is 0. The molecule has 0 saturated carbocycles. The molecule has 5 nitrogen and oxygen atoms in total. The first-order valence-corrected chi connectivity index (χ1v) is 7.27. The van der Waals surface area contributed by atoms with E-state index in [0.29, 0.717) is 11.5 Å². The highest BCUT2D eigenvalue weighted by atomic mass is 32.2. The average Bonchev–Trinajstić information content (AvgIpc) is 2.72. The summed E-state index contributed by atoms with van der Waals surface area (Å²) in [4.78, 5) is 25.6. The fourth-order valence-electron chi connectivity index (χ4n) is 2.02. The number of rotatable bonds is 5. The van der Waals surface area contributed by atoms with Crippen LogP contribution in [-0.2, 0) is 9.53 Å². The molecule has 112 valence electrons. The van der Waals surface area contributed by atoms with E-state index in [1.807, 2.05) is 25.1 Å². The number of amides is 2. The Balaban J connectivity index is 2.20. The monoisotopic (exact) mass is 307 g/mol. The van der Waals surface area contributed by atoms with E-state index in [1.54, 1.807) is 13.2 Å². The third kappa shape index (κ3) is 3.46. The van der Waals surface area contributed by atoms with Gasteiger partial charge in [-0.3, -0.25) is 14.5 Å².